The van der Waals surface area contributed by atoms with E-state index in [1.54, 1.807) is 6.20 Å². The molecule has 0 saturated heterocycles. The number of benzene rings is 1. The second kappa shape index (κ2) is 9.97. The van der Waals surface area contributed by atoms with E-state index in [-0.39, 0.29) is 35.4 Å². The van der Waals surface area contributed by atoms with Gasteiger partial charge in [-0.25, -0.2) is 29.1 Å². The van der Waals surface area contributed by atoms with Crippen LogP contribution in [0.25, 0.3) is 0 Å². The van der Waals surface area contributed by atoms with Gasteiger partial charge in [-0.1, -0.05) is 0 Å². The van der Waals surface area contributed by atoms with Gasteiger partial charge in [0.1, 0.15) is 12.1 Å². The van der Waals surface area contributed by atoms with E-state index in [1.807, 2.05) is 0 Å². The number of nitrogens with one attached hydrogen (secondary N) is 3. The molecule has 0 spiro atoms. The van der Waals surface area contributed by atoms with Crippen LogP contribution < -0.4 is 20.7 Å². The summed E-state index contributed by atoms with van der Waals surface area (Å²) in [5.41, 5.74) is -0.0892. The van der Waals surface area contributed by atoms with Crippen LogP contribution in [0.1, 0.15) is 48.7 Å². The lowest BCUT2D eigenvalue weighted by Crippen LogP contribution is -2.38. The monoisotopic (exact) mass is 481 g/mol. The summed E-state index contributed by atoms with van der Waals surface area (Å²) in [5.74, 6) is -0.969. The summed E-state index contributed by atoms with van der Waals surface area (Å²) in [4.78, 5) is 41.9. The second-order valence-electron chi connectivity index (χ2n) is 8.67. The molecule has 2 aromatic heterocycles. The molecule has 0 bridgehead atoms. The average Bonchev–Trinajstić information content (AvgIpc) is 3.64. The van der Waals surface area contributed by atoms with E-state index in [9.17, 15) is 19.1 Å². The number of carbonyl (C=O) groups excluding carboxylic acids is 2. The van der Waals surface area contributed by atoms with Crippen molar-refractivity contribution in [1.82, 2.24) is 25.3 Å². The summed E-state index contributed by atoms with van der Waals surface area (Å²) in [5, 5.41) is 17.7. The largest absolute Gasteiger partial charge is 0.418 e. The summed E-state index contributed by atoms with van der Waals surface area (Å²) in [7, 11) is 0. The van der Waals surface area contributed by atoms with Crippen molar-refractivity contribution in [2.24, 2.45) is 0 Å². The molecule has 3 aromatic rings. The van der Waals surface area contributed by atoms with Crippen molar-refractivity contribution >= 4 is 29.2 Å². The molecule has 0 aliphatic heterocycles. The Kier molecular flexibility index (Phi) is 6.82. The number of nitrogens with zero attached hydrogens (tertiary/aromatic N) is 4. The van der Waals surface area contributed by atoms with E-state index in [4.69, 9.17) is 4.74 Å². The maximum atomic E-state index is 13.9. The van der Waals surface area contributed by atoms with E-state index in [0.29, 0.717) is 11.4 Å². The van der Waals surface area contributed by atoms with Crippen molar-refractivity contribution in [2.75, 3.05) is 17.2 Å². The molecule has 11 nitrogen and oxygen atoms in total. The Morgan fingerprint density at radius 1 is 1.20 bits per heavy atom. The summed E-state index contributed by atoms with van der Waals surface area (Å²) in [6, 6.07) is 3.30. The van der Waals surface area contributed by atoms with Gasteiger partial charge in [0.2, 0.25) is 0 Å². The maximum absolute atomic E-state index is 13.9. The molecule has 2 heterocycles. The summed E-state index contributed by atoms with van der Waals surface area (Å²) >= 11 is 0. The summed E-state index contributed by atoms with van der Waals surface area (Å²) in [6.07, 6.45) is 6.93. The first kappa shape index (κ1) is 24.0. The van der Waals surface area contributed by atoms with Gasteiger partial charge in [-0.05, 0) is 44.9 Å². The third-order valence-corrected chi connectivity index (χ3v) is 4.91. The van der Waals surface area contributed by atoms with Crippen molar-refractivity contribution < 1.29 is 23.8 Å². The van der Waals surface area contributed by atoms with Gasteiger partial charge >= 0.3 is 6.09 Å². The first-order valence-electron chi connectivity index (χ1n) is 10.9. The summed E-state index contributed by atoms with van der Waals surface area (Å²) < 4.78 is 19.3. The number of hydrogen-bond donors (Lipinski definition) is 4. The number of carbonyl (C=O) groups is 2. The molecular formula is C23H24FN7O4. The first-order chi connectivity index (χ1) is 16.7. The van der Waals surface area contributed by atoms with Gasteiger partial charge in [0.25, 0.3) is 11.8 Å². The molecule has 1 fully saturated rings. The fourth-order valence-corrected chi connectivity index (χ4v) is 3.05. The van der Waals surface area contributed by atoms with Crippen molar-refractivity contribution in [3.8, 4) is 5.88 Å². The molecule has 4 N–H and O–H groups in total. The number of amides is 2. The molecule has 4 rings (SSSR count). The Morgan fingerprint density at radius 3 is 2.63 bits per heavy atom. The lowest BCUT2D eigenvalue weighted by atomic mass is 10.1. The van der Waals surface area contributed by atoms with Crippen LogP contribution in [0, 0.1) is 5.82 Å². The fourth-order valence-electron chi connectivity index (χ4n) is 3.05. The van der Waals surface area contributed by atoms with E-state index in [2.05, 4.69) is 35.9 Å². The zero-order valence-electron chi connectivity index (χ0n) is 19.1. The molecule has 0 atom stereocenters. The number of aliphatic hydroxyl groups is 1. The van der Waals surface area contributed by atoms with Gasteiger partial charge in [0.15, 0.2) is 5.82 Å². The molecule has 35 heavy (non-hydrogen) atoms. The molecule has 182 valence electrons. The van der Waals surface area contributed by atoms with E-state index < -0.39 is 23.4 Å². The van der Waals surface area contributed by atoms with Gasteiger partial charge in [-0.2, -0.15) is 0 Å². The summed E-state index contributed by atoms with van der Waals surface area (Å²) in [6.45, 7) is 3.01. The Balaban J connectivity index is 1.54. The molecule has 1 saturated carbocycles. The smallest absolute Gasteiger partial charge is 0.389 e. The van der Waals surface area contributed by atoms with Crippen LogP contribution >= 0.6 is 0 Å². The van der Waals surface area contributed by atoms with Crippen LogP contribution in [-0.4, -0.2) is 49.2 Å². The minimum atomic E-state index is -1.15. The molecule has 12 heteroatoms. The van der Waals surface area contributed by atoms with Gasteiger partial charge < -0.3 is 20.5 Å². The van der Waals surface area contributed by atoms with Crippen LogP contribution in [0.15, 0.2) is 43.1 Å². The van der Waals surface area contributed by atoms with Crippen molar-refractivity contribution in [2.45, 2.75) is 38.2 Å². The number of halogens is 1. The standard InChI is InChI=1S/C23H24FN7O4/c1-23(2,34)11-28-20(32)16-6-5-14(24)7-17(16)31-22(33)35-21-19(29-15-8-25-12-26-9-15)27-10-18(30-21)13-3-4-13/h5-10,12-13,34H,3-4,11H2,1-2H3,(H,27,29)(H,28,32)(H,31,33). The Bertz CT molecular complexity index is 1230. The predicted octanol–water partition coefficient (Wildman–Crippen LogP) is 3.14. The minimum absolute atomic E-state index is 0.00908. The predicted molar refractivity (Wildman–Crippen MR) is 124 cm³/mol. The van der Waals surface area contributed by atoms with Gasteiger partial charge in [-0.3, -0.25) is 10.1 Å². The topological polar surface area (TPSA) is 151 Å². The van der Waals surface area contributed by atoms with E-state index in [0.717, 1.165) is 25.0 Å². The van der Waals surface area contributed by atoms with Crippen LogP contribution in [0.3, 0.4) is 0 Å². The highest BCUT2D eigenvalue weighted by Crippen LogP contribution is 2.40. The fraction of sp³-hybridized carbons (Fsp3) is 0.304. The maximum Gasteiger partial charge on any atom is 0.418 e. The van der Waals surface area contributed by atoms with Crippen LogP contribution in [-0.2, 0) is 0 Å². The van der Waals surface area contributed by atoms with Crippen LogP contribution in [0.4, 0.5) is 26.4 Å². The quantitative estimate of drug-likeness (QED) is 0.380. The molecule has 0 radical (unpaired) electrons. The zero-order valence-corrected chi connectivity index (χ0v) is 19.1. The van der Waals surface area contributed by atoms with Crippen molar-refractivity contribution in [3.05, 3.63) is 60.2 Å². The molecule has 1 aliphatic carbocycles. The van der Waals surface area contributed by atoms with Gasteiger partial charge in [0.05, 0.1) is 46.8 Å². The lowest BCUT2D eigenvalue weighted by molar-refractivity contribution is 0.0694. The molecule has 1 aliphatic rings. The SMILES string of the molecule is CC(C)(O)CNC(=O)c1ccc(F)cc1NC(=O)Oc1nc(C2CC2)cnc1Nc1cncnc1. The van der Waals surface area contributed by atoms with E-state index in [1.165, 1.54) is 38.6 Å². The number of anilines is 3. The average molecular weight is 481 g/mol. The third-order valence-electron chi connectivity index (χ3n) is 4.91. The highest BCUT2D eigenvalue weighted by Gasteiger charge is 2.27. The first-order valence-corrected chi connectivity index (χ1v) is 10.9. The zero-order chi connectivity index (χ0) is 25.0. The van der Waals surface area contributed by atoms with Crippen LogP contribution in [0.5, 0.6) is 5.88 Å². The molecule has 2 amide bonds. The van der Waals surface area contributed by atoms with Gasteiger partial charge in [-0.15, -0.1) is 0 Å². The molecule has 1 aromatic carbocycles. The van der Waals surface area contributed by atoms with E-state index >= 15 is 0 Å². The van der Waals surface area contributed by atoms with Crippen molar-refractivity contribution in [3.63, 3.8) is 0 Å². The van der Waals surface area contributed by atoms with Gasteiger partial charge in [0, 0.05) is 12.5 Å². The number of hydrogen-bond acceptors (Lipinski definition) is 9. The Morgan fingerprint density at radius 2 is 1.94 bits per heavy atom. The highest BCUT2D eigenvalue weighted by atomic mass is 19.1. The molecule has 0 unspecified atom stereocenters. The third kappa shape index (κ3) is 6.67. The Hall–Kier alpha value is -4.19. The molecular weight excluding hydrogens is 457 g/mol. The van der Waals surface area contributed by atoms with Crippen LogP contribution in [0.2, 0.25) is 0 Å². The number of ether oxygens (including phenoxy) is 1. The normalized spacial score (nSPS) is 13.1. The lowest BCUT2D eigenvalue weighted by Gasteiger charge is -2.18. The number of rotatable bonds is 8. The van der Waals surface area contributed by atoms with Crippen molar-refractivity contribution in [1.29, 1.82) is 0 Å². The minimum Gasteiger partial charge on any atom is -0.389 e. The second-order valence-corrected chi connectivity index (χ2v) is 8.67. The Labute approximate surface area is 200 Å². The highest BCUT2D eigenvalue weighted by molar-refractivity contribution is 6.03. The number of aromatic nitrogens is 4.